The first-order valence-electron chi connectivity index (χ1n) is 11.3. The molecule has 4 rings (SSSR count). The maximum atomic E-state index is 13.3. The summed E-state index contributed by atoms with van der Waals surface area (Å²) in [5.74, 6) is -0.0969. The van der Waals surface area contributed by atoms with E-state index in [1.165, 1.54) is 0 Å². The zero-order valence-electron chi connectivity index (χ0n) is 18.6. The Hall–Kier alpha value is -2.72. The van der Waals surface area contributed by atoms with Gasteiger partial charge in [0.1, 0.15) is 5.56 Å². The minimum Gasteiger partial charge on any atom is -0.325 e. The van der Waals surface area contributed by atoms with E-state index in [0.29, 0.717) is 31.9 Å². The van der Waals surface area contributed by atoms with Gasteiger partial charge in [0.25, 0.3) is 5.56 Å². The average molecular weight is 464 g/mol. The van der Waals surface area contributed by atoms with Crippen LogP contribution in [0.15, 0.2) is 35.1 Å². The number of halogens is 3. The summed E-state index contributed by atoms with van der Waals surface area (Å²) in [6.07, 6.45) is -2.29. The Bertz CT molecular complexity index is 1060. The van der Waals surface area contributed by atoms with Crippen molar-refractivity contribution in [2.75, 3.05) is 38.0 Å². The van der Waals surface area contributed by atoms with E-state index in [4.69, 9.17) is 0 Å². The molecule has 2 fully saturated rings. The molecule has 1 saturated carbocycles. The number of hydrogen-bond acceptors (Lipinski definition) is 5. The smallest absolute Gasteiger partial charge is 0.325 e. The van der Waals surface area contributed by atoms with Crippen LogP contribution >= 0.6 is 0 Å². The van der Waals surface area contributed by atoms with E-state index in [1.807, 2.05) is 41.0 Å². The van der Waals surface area contributed by atoms with Crippen LogP contribution < -0.4 is 10.9 Å². The number of carbonyl (C=O) groups is 1. The maximum absolute atomic E-state index is 13.3. The third kappa shape index (κ3) is 5.80. The first-order valence-corrected chi connectivity index (χ1v) is 11.3. The highest BCUT2D eigenvalue weighted by Gasteiger charge is 2.37. The predicted molar refractivity (Wildman–Crippen MR) is 118 cm³/mol. The summed E-state index contributed by atoms with van der Waals surface area (Å²) in [5.41, 5.74) is -0.0414. The molecule has 0 atom stereocenters. The quantitative estimate of drug-likeness (QED) is 0.684. The van der Waals surface area contributed by atoms with Crippen molar-refractivity contribution in [1.29, 1.82) is 0 Å². The molecular formula is C23H28F3N5O2. The Morgan fingerprint density at radius 2 is 1.79 bits per heavy atom. The van der Waals surface area contributed by atoms with Gasteiger partial charge >= 0.3 is 6.18 Å². The van der Waals surface area contributed by atoms with Crippen LogP contribution in [0.25, 0.3) is 0 Å². The van der Waals surface area contributed by atoms with Crippen LogP contribution in [0.5, 0.6) is 0 Å². The lowest BCUT2D eigenvalue weighted by Gasteiger charge is -2.34. The summed E-state index contributed by atoms with van der Waals surface area (Å²) >= 11 is 0. The highest BCUT2D eigenvalue weighted by atomic mass is 19.4. The second-order valence-corrected chi connectivity index (χ2v) is 8.65. The largest absolute Gasteiger partial charge is 0.421 e. The number of amides is 1. The zero-order chi connectivity index (χ0) is 23.6. The van der Waals surface area contributed by atoms with E-state index < -0.39 is 17.3 Å². The molecule has 1 aromatic carbocycles. The first kappa shape index (κ1) is 23.4. The SMILES string of the molecule is CCc1ccccc1NC(=O)CN1CCN(Cn2nc(C3CC3)cc(C(F)(F)F)c2=O)CC1. The number of nitrogens with one attached hydrogen (secondary N) is 1. The number of benzene rings is 1. The van der Waals surface area contributed by atoms with Crippen LogP contribution in [0.1, 0.15) is 42.5 Å². The van der Waals surface area contributed by atoms with Crippen LogP contribution in [0.2, 0.25) is 0 Å². The van der Waals surface area contributed by atoms with Crippen molar-refractivity contribution < 1.29 is 18.0 Å². The number of para-hydroxylation sites is 1. The van der Waals surface area contributed by atoms with Gasteiger partial charge in [-0.25, -0.2) is 4.68 Å². The number of aryl methyl sites for hydroxylation is 1. The van der Waals surface area contributed by atoms with Crippen molar-refractivity contribution in [3.8, 4) is 0 Å². The van der Waals surface area contributed by atoms with Crippen molar-refractivity contribution in [3.05, 3.63) is 57.5 Å². The van der Waals surface area contributed by atoms with Crippen molar-refractivity contribution >= 4 is 11.6 Å². The Morgan fingerprint density at radius 1 is 1.12 bits per heavy atom. The topological polar surface area (TPSA) is 70.5 Å². The number of nitrogens with zero attached hydrogens (tertiary/aromatic N) is 4. The Balaban J connectivity index is 1.35. The molecule has 7 nitrogen and oxygen atoms in total. The fraction of sp³-hybridized carbons (Fsp3) is 0.522. The first-order chi connectivity index (χ1) is 15.7. The van der Waals surface area contributed by atoms with E-state index in [9.17, 15) is 22.8 Å². The highest BCUT2D eigenvalue weighted by molar-refractivity contribution is 5.93. The molecule has 1 amide bonds. The van der Waals surface area contributed by atoms with Gasteiger partial charge in [-0.05, 0) is 37.0 Å². The van der Waals surface area contributed by atoms with Gasteiger partial charge in [0.05, 0.1) is 18.9 Å². The molecule has 2 aromatic rings. The molecular weight excluding hydrogens is 435 g/mol. The number of hydrogen-bond donors (Lipinski definition) is 1. The molecule has 178 valence electrons. The summed E-state index contributed by atoms with van der Waals surface area (Å²) < 4.78 is 41.0. The van der Waals surface area contributed by atoms with Gasteiger partial charge in [0.2, 0.25) is 5.91 Å². The van der Waals surface area contributed by atoms with E-state index >= 15 is 0 Å². The zero-order valence-corrected chi connectivity index (χ0v) is 18.6. The Kier molecular flexibility index (Phi) is 6.85. The summed E-state index contributed by atoms with van der Waals surface area (Å²) in [7, 11) is 0. The molecule has 1 aliphatic carbocycles. The third-order valence-corrected chi connectivity index (χ3v) is 6.13. The normalized spacial score (nSPS) is 17.8. The van der Waals surface area contributed by atoms with Gasteiger partial charge in [-0.3, -0.25) is 19.4 Å². The van der Waals surface area contributed by atoms with E-state index in [2.05, 4.69) is 10.4 Å². The lowest BCUT2D eigenvalue weighted by molar-refractivity contribution is -0.139. The highest BCUT2D eigenvalue weighted by Crippen LogP contribution is 2.40. The second-order valence-electron chi connectivity index (χ2n) is 8.65. The van der Waals surface area contributed by atoms with Crippen molar-refractivity contribution in [2.45, 2.75) is 44.9 Å². The number of aromatic nitrogens is 2. The number of piperazine rings is 1. The monoisotopic (exact) mass is 463 g/mol. The molecule has 10 heteroatoms. The summed E-state index contributed by atoms with van der Waals surface area (Å²) in [5, 5.41) is 7.17. The minimum absolute atomic E-state index is 0.00569. The molecule has 2 aliphatic rings. The maximum Gasteiger partial charge on any atom is 0.421 e. The van der Waals surface area contributed by atoms with Crippen LogP contribution in [0.4, 0.5) is 18.9 Å². The predicted octanol–water partition coefficient (Wildman–Crippen LogP) is 2.92. The summed E-state index contributed by atoms with van der Waals surface area (Å²) in [6.45, 7) is 4.48. The number of anilines is 1. The standard InChI is InChI=1S/C23H28F3N5O2/c1-2-16-5-3-4-6-19(16)27-21(32)14-29-9-11-30(12-10-29)15-31-22(33)18(23(24,25)26)13-20(28-31)17-7-8-17/h3-6,13,17H,2,7-12,14-15H2,1H3,(H,27,32). The fourth-order valence-electron chi connectivity index (χ4n) is 4.06. The molecule has 1 N–H and O–H groups in total. The van der Waals surface area contributed by atoms with Gasteiger partial charge in [0.15, 0.2) is 0 Å². The molecule has 0 unspecified atom stereocenters. The van der Waals surface area contributed by atoms with Gasteiger partial charge < -0.3 is 5.32 Å². The Labute approximate surface area is 190 Å². The van der Waals surface area contributed by atoms with Crippen LogP contribution in [-0.4, -0.2) is 58.2 Å². The number of rotatable bonds is 7. The van der Waals surface area contributed by atoms with Crippen molar-refractivity contribution in [2.24, 2.45) is 0 Å². The van der Waals surface area contributed by atoms with Crippen LogP contribution in [0.3, 0.4) is 0 Å². The van der Waals surface area contributed by atoms with Gasteiger partial charge in [-0.15, -0.1) is 0 Å². The molecule has 1 aliphatic heterocycles. The van der Waals surface area contributed by atoms with Gasteiger partial charge in [0, 0.05) is 37.8 Å². The van der Waals surface area contributed by atoms with Gasteiger partial charge in [-0.2, -0.15) is 18.3 Å². The van der Waals surface area contributed by atoms with Crippen LogP contribution in [0, 0.1) is 0 Å². The molecule has 33 heavy (non-hydrogen) atoms. The molecule has 2 heterocycles. The van der Waals surface area contributed by atoms with Crippen molar-refractivity contribution in [3.63, 3.8) is 0 Å². The lowest BCUT2D eigenvalue weighted by atomic mass is 10.1. The lowest BCUT2D eigenvalue weighted by Crippen LogP contribution is -2.50. The molecule has 0 radical (unpaired) electrons. The molecule has 1 saturated heterocycles. The average Bonchev–Trinajstić information content (AvgIpc) is 3.61. The number of alkyl halides is 3. The minimum atomic E-state index is -4.70. The van der Waals surface area contributed by atoms with Crippen molar-refractivity contribution in [1.82, 2.24) is 19.6 Å². The molecule has 1 aromatic heterocycles. The third-order valence-electron chi connectivity index (χ3n) is 6.13. The van der Waals surface area contributed by atoms with E-state index in [0.717, 1.165) is 41.3 Å². The van der Waals surface area contributed by atoms with Gasteiger partial charge in [-0.1, -0.05) is 25.1 Å². The van der Waals surface area contributed by atoms with E-state index in [1.54, 1.807) is 0 Å². The Morgan fingerprint density at radius 3 is 2.42 bits per heavy atom. The molecule has 0 spiro atoms. The summed E-state index contributed by atoms with van der Waals surface area (Å²) in [6, 6.07) is 8.58. The van der Waals surface area contributed by atoms with Crippen LogP contribution in [-0.2, 0) is 24.1 Å². The summed E-state index contributed by atoms with van der Waals surface area (Å²) in [4.78, 5) is 28.8. The second kappa shape index (κ2) is 9.64. The fourth-order valence-corrected chi connectivity index (χ4v) is 4.06. The van der Waals surface area contributed by atoms with E-state index in [-0.39, 0.29) is 25.0 Å². The molecule has 0 bridgehead atoms. The number of carbonyl (C=O) groups excluding carboxylic acids is 1.